The third-order valence-electron chi connectivity index (χ3n) is 4.05. The summed E-state index contributed by atoms with van der Waals surface area (Å²) in [5.74, 6) is 1.30. The van der Waals surface area contributed by atoms with Gasteiger partial charge < -0.3 is 20.7 Å². The molecule has 0 spiro atoms. The molecular formula is C20H25N3O3. The lowest BCUT2D eigenvalue weighted by atomic mass is 10.0. The van der Waals surface area contributed by atoms with E-state index >= 15 is 0 Å². The maximum atomic E-state index is 12.4. The van der Waals surface area contributed by atoms with Crippen LogP contribution in [0, 0.1) is 0 Å². The quantitative estimate of drug-likeness (QED) is 0.760. The number of primary amides is 1. The van der Waals surface area contributed by atoms with Crippen LogP contribution < -0.4 is 15.8 Å². The van der Waals surface area contributed by atoms with Gasteiger partial charge in [-0.05, 0) is 43.7 Å². The number of carbonyl (C=O) groups excluding carboxylic acids is 2. The fraction of sp³-hybridized carbons (Fsp3) is 0.300. The molecule has 3 amide bonds. The van der Waals surface area contributed by atoms with Crippen LogP contribution in [0.4, 0.5) is 4.79 Å². The average molecular weight is 355 g/mol. The average Bonchev–Trinajstić information content (AvgIpc) is 2.63. The van der Waals surface area contributed by atoms with Crippen molar-refractivity contribution < 1.29 is 14.3 Å². The second kappa shape index (κ2) is 9.46. The van der Waals surface area contributed by atoms with Crippen LogP contribution in [-0.4, -0.2) is 29.9 Å². The zero-order valence-corrected chi connectivity index (χ0v) is 15.1. The number of urea groups is 1. The minimum atomic E-state index is -0.670. The molecule has 2 aromatic carbocycles. The van der Waals surface area contributed by atoms with E-state index in [1.54, 1.807) is 4.90 Å². The predicted octanol–water partition coefficient (Wildman–Crippen LogP) is 3.45. The van der Waals surface area contributed by atoms with Crippen molar-refractivity contribution in [2.24, 2.45) is 5.73 Å². The SMILES string of the molecule is CCN(CC)C(=O)CC(NC(N)=O)c1cccc(Oc2ccccc2)c1. The maximum absolute atomic E-state index is 12.4. The Morgan fingerprint density at radius 2 is 1.69 bits per heavy atom. The highest BCUT2D eigenvalue weighted by Crippen LogP contribution is 2.26. The summed E-state index contributed by atoms with van der Waals surface area (Å²) in [6.45, 7) is 5.09. The first-order valence-corrected chi connectivity index (χ1v) is 8.70. The van der Waals surface area contributed by atoms with Gasteiger partial charge in [-0.2, -0.15) is 0 Å². The Hall–Kier alpha value is -3.02. The minimum Gasteiger partial charge on any atom is -0.457 e. The summed E-state index contributed by atoms with van der Waals surface area (Å²) >= 11 is 0. The number of hydrogen-bond acceptors (Lipinski definition) is 3. The molecule has 6 heteroatoms. The van der Waals surface area contributed by atoms with E-state index in [0.717, 1.165) is 5.56 Å². The van der Waals surface area contributed by atoms with Crippen LogP contribution in [0.5, 0.6) is 11.5 Å². The van der Waals surface area contributed by atoms with Crippen molar-refractivity contribution in [3.63, 3.8) is 0 Å². The van der Waals surface area contributed by atoms with Gasteiger partial charge in [-0.3, -0.25) is 4.79 Å². The second-order valence-corrected chi connectivity index (χ2v) is 5.82. The first-order valence-electron chi connectivity index (χ1n) is 8.70. The second-order valence-electron chi connectivity index (χ2n) is 5.82. The highest BCUT2D eigenvalue weighted by molar-refractivity contribution is 5.79. The number of benzene rings is 2. The highest BCUT2D eigenvalue weighted by atomic mass is 16.5. The Morgan fingerprint density at radius 3 is 2.31 bits per heavy atom. The van der Waals surface area contributed by atoms with E-state index in [0.29, 0.717) is 24.6 Å². The summed E-state index contributed by atoms with van der Waals surface area (Å²) in [6.07, 6.45) is 0.138. The largest absolute Gasteiger partial charge is 0.457 e. The van der Waals surface area contributed by atoms with Gasteiger partial charge in [-0.1, -0.05) is 30.3 Å². The zero-order valence-electron chi connectivity index (χ0n) is 15.1. The lowest BCUT2D eigenvalue weighted by Gasteiger charge is -2.23. The Morgan fingerprint density at radius 1 is 1.04 bits per heavy atom. The molecule has 0 bridgehead atoms. The molecule has 0 fully saturated rings. The van der Waals surface area contributed by atoms with Gasteiger partial charge in [0.2, 0.25) is 5.91 Å². The van der Waals surface area contributed by atoms with Gasteiger partial charge in [0, 0.05) is 13.1 Å². The Kier molecular flexibility index (Phi) is 7.02. The molecule has 0 aliphatic heterocycles. The summed E-state index contributed by atoms with van der Waals surface area (Å²) in [6, 6.07) is 15.5. The molecular weight excluding hydrogens is 330 g/mol. The van der Waals surface area contributed by atoms with Crippen molar-refractivity contribution in [3.8, 4) is 11.5 Å². The van der Waals surface area contributed by atoms with Gasteiger partial charge in [0.05, 0.1) is 12.5 Å². The molecule has 2 aromatic rings. The highest BCUT2D eigenvalue weighted by Gasteiger charge is 2.20. The number of hydrogen-bond donors (Lipinski definition) is 2. The molecule has 26 heavy (non-hydrogen) atoms. The van der Waals surface area contributed by atoms with E-state index in [9.17, 15) is 9.59 Å². The van der Waals surface area contributed by atoms with Gasteiger partial charge in [0.25, 0.3) is 0 Å². The van der Waals surface area contributed by atoms with Gasteiger partial charge >= 0.3 is 6.03 Å². The van der Waals surface area contributed by atoms with Crippen molar-refractivity contribution in [1.29, 1.82) is 0 Å². The van der Waals surface area contributed by atoms with E-state index in [2.05, 4.69) is 5.32 Å². The molecule has 0 aliphatic rings. The Balaban J connectivity index is 2.20. The van der Waals surface area contributed by atoms with Crippen LogP contribution in [0.15, 0.2) is 54.6 Å². The van der Waals surface area contributed by atoms with E-state index in [1.165, 1.54) is 0 Å². The lowest BCUT2D eigenvalue weighted by molar-refractivity contribution is -0.131. The van der Waals surface area contributed by atoms with Crippen molar-refractivity contribution in [2.75, 3.05) is 13.1 Å². The standard InChI is InChI=1S/C20H25N3O3/c1-3-23(4-2)19(24)14-18(22-20(21)25)15-9-8-12-17(13-15)26-16-10-6-5-7-11-16/h5-13,18H,3-4,14H2,1-2H3,(H3,21,22,25). The molecule has 0 aromatic heterocycles. The molecule has 6 nitrogen and oxygen atoms in total. The molecule has 0 heterocycles. The van der Waals surface area contributed by atoms with Crippen LogP contribution in [0.2, 0.25) is 0 Å². The number of amides is 3. The van der Waals surface area contributed by atoms with Gasteiger partial charge in [-0.15, -0.1) is 0 Å². The van der Waals surface area contributed by atoms with Gasteiger partial charge in [0.1, 0.15) is 11.5 Å². The fourth-order valence-electron chi connectivity index (χ4n) is 2.72. The van der Waals surface area contributed by atoms with Crippen molar-refractivity contribution >= 4 is 11.9 Å². The summed E-state index contributed by atoms with van der Waals surface area (Å²) in [5.41, 5.74) is 6.06. The zero-order chi connectivity index (χ0) is 18.9. The molecule has 0 aliphatic carbocycles. The number of nitrogens with zero attached hydrogens (tertiary/aromatic N) is 1. The fourth-order valence-corrected chi connectivity index (χ4v) is 2.72. The van der Waals surface area contributed by atoms with Gasteiger partial charge in [-0.25, -0.2) is 4.79 Å². The number of carbonyl (C=O) groups is 2. The Labute approximate surface area is 153 Å². The van der Waals surface area contributed by atoms with Crippen LogP contribution in [0.1, 0.15) is 31.9 Å². The van der Waals surface area contributed by atoms with Gasteiger partial charge in [0.15, 0.2) is 0 Å². The summed E-state index contributed by atoms with van der Waals surface area (Å²) in [5, 5.41) is 2.66. The van der Waals surface area contributed by atoms with E-state index in [1.807, 2.05) is 68.4 Å². The number of ether oxygens (including phenoxy) is 1. The van der Waals surface area contributed by atoms with Crippen LogP contribution >= 0.6 is 0 Å². The molecule has 0 radical (unpaired) electrons. The number of nitrogens with two attached hydrogens (primary N) is 1. The van der Waals surface area contributed by atoms with Crippen molar-refractivity contribution in [2.45, 2.75) is 26.3 Å². The topological polar surface area (TPSA) is 84.7 Å². The van der Waals surface area contributed by atoms with E-state index in [4.69, 9.17) is 10.5 Å². The maximum Gasteiger partial charge on any atom is 0.312 e. The molecule has 138 valence electrons. The van der Waals surface area contributed by atoms with Crippen molar-refractivity contribution in [1.82, 2.24) is 10.2 Å². The van der Waals surface area contributed by atoms with E-state index < -0.39 is 12.1 Å². The summed E-state index contributed by atoms with van der Waals surface area (Å²) in [4.78, 5) is 25.6. The van der Waals surface area contributed by atoms with E-state index in [-0.39, 0.29) is 12.3 Å². The predicted molar refractivity (Wildman–Crippen MR) is 101 cm³/mol. The molecule has 0 saturated carbocycles. The van der Waals surface area contributed by atoms with Crippen LogP contribution in [0.3, 0.4) is 0 Å². The molecule has 1 atom stereocenters. The third kappa shape index (κ3) is 5.51. The number of nitrogens with one attached hydrogen (secondary N) is 1. The normalized spacial score (nSPS) is 11.5. The number of para-hydroxylation sites is 1. The Bertz CT molecular complexity index is 730. The summed E-state index contributed by atoms with van der Waals surface area (Å²) in [7, 11) is 0. The molecule has 0 saturated heterocycles. The third-order valence-corrected chi connectivity index (χ3v) is 4.05. The van der Waals surface area contributed by atoms with Crippen LogP contribution in [0.25, 0.3) is 0 Å². The molecule has 3 N–H and O–H groups in total. The first-order chi connectivity index (χ1) is 12.5. The van der Waals surface area contributed by atoms with Crippen LogP contribution in [-0.2, 0) is 4.79 Å². The number of rotatable bonds is 8. The summed E-state index contributed by atoms with van der Waals surface area (Å²) < 4.78 is 5.83. The lowest BCUT2D eigenvalue weighted by Crippen LogP contribution is -2.38. The molecule has 1 unspecified atom stereocenters. The minimum absolute atomic E-state index is 0.0388. The molecule has 2 rings (SSSR count). The monoisotopic (exact) mass is 355 g/mol. The van der Waals surface area contributed by atoms with Crippen molar-refractivity contribution in [3.05, 3.63) is 60.2 Å². The smallest absolute Gasteiger partial charge is 0.312 e. The first kappa shape index (κ1) is 19.3.